The van der Waals surface area contributed by atoms with E-state index >= 15 is 0 Å². The van der Waals surface area contributed by atoms with E-state index < -0.39 is 5.60 Å². The maximum atomic E-state index is 12.1. The summed E-state index contributed by atoms with van der Waals surface area (Å²) in [6.07, 6.45) is -0.241. The number of nitrogens with one attached hydrogen (secondary N) is 1. The van der Waals surface area contributed by atoms with Crippen LogP contribution in [0.15, 0.2) is 81.8 Å². The van der Waals surface area contributed by atoms with Gasteiger partial charge < -0.3 is 33.5 Å². The quantitative estimate of drug-likeness (QED) is 0.216. The molecule has 2 aliphatic heterocycles. The largest absolute Gasteiger partial charge is 0.474 e. The predicted molar refractivity (Wildman–Crippen MR) is 193 cm³/mol. The molecule has 0 atom stereocenters. The van der Waals surface area contributed by atoms with E-state index in [2.05, 4.69) is 25.4 Å². The van der Waals surface area contributed by atoms with Crippen molar-refractivity contribution < 1.29 is 28.1 Å². The van der Waals surface area contributed by atoms with Crippen molar-refractivity contribution >= 4 is 30.9 Å². The number of amides is 1. The summed E-state index contributed by atoms with van der Waals surface area (Å²) in [5.74, 6) is 2.47. The Hall–Kier alpha value is -3.81. The van der Waals surface area contributed by atoms with Gasteiger partial charge >= 0.3 is 6.09 Å². The molecule has 4 aromatic rings. The van der Waals surface area contributed by atoms with E-state index in [1.807, 2.05) is 87.5 Å². The SMILES string of the molecule is CC(C)(C)OC(=O)N1CCN(CCOc2cc(-c3ccccc3)on2)CC1.Cl.Cl.c1ccc(-c2cc(OCCN3CCNCC3)no2)cc1. The molecule has 0 unspecified atom stereocenters. The van der Waals surface area contributed by atoms with Gasteiger partial charge in [0.05, 0.1) is 0 Å². The van der Waals surface area contributed by atoms with E-state index in [1.165, 1.54) is 0 Å². The molecule has 0 saturated carbocycles. The number of halogens is 2. The van der Waals surface area contributed by atoms with Crippen LogP contribution in [-0.2, 0) is 4.74 Å². The number of ether oxygens (including phenoxy) is 3. The van der Waals surface area contributed by atoms with Crippen LogP contribution in [0.5, 0.6) is 11.8 Å². The average molecular weight is 720 g/mol. The summed E-state index contributed by atoms with van der Waals surface area (Å²) in [6.45, 7) is 15.7. The lowest BCUT2D eigenvalue weighted by Crippen LogP contribution is -2.50. The fourth-order valence-electron chi connectivity index (χ4n) is 5.10. The zero-order valence-corrected chi connectivity index (χ0v) is 30.0. The maximum Gasteiger partial charge on any atom is 0.410 e. The van der Waals surface area contributed by atoms with Crippen molar-refractivity contribution in [2.45, 2.75) is 26.4 Å². The third-order valence-corrected chi connectivity index (χ3v) is 7.64. The smallest absolute Gasteiger partial charge is 0.410 e. The molecule has 0 bridgehead atoms. The topological polar surface area (TPSA) is 119 Å². The molecule has 2 aromatic heterocycles. The molecule has 12 nitrogen and oxygen atoms in total. The van der Waals surface area contributed by atoms with E-state index in [4.69, 9.17) is 23.3 Å². The summed E-state index contributed by atoms with van der Waals surface area (Å²) < 4.78 is 27.4. The van der Waals surface area contributed by atoms with Crippen molar-refractivity contribution in [1.82, 2.24) is 30.3 Å². The molecular weight excluding hydrogens is 671 g/mol. The lowest BCUT2D eigenvalue weighted by Gasteiger charge is -2.35. The van der Waals surface area contributed by atoms with Crippen molar-refractivity contribution in [2.75, 3.05) is 78.7 Å². The van der Waals surface area contributed by atoms with Gasteiger partial charge in [-0.2, -0.15) is 0 Å². The van der Waals surface area contributed by atoms with Crippen LogP contribution in [0.3, 0.4) is 0 Å². The molecule has 1 amide bonds. The zero-order chi connectivity index (χ0) is 32.9. The molecule has 268 valence electrons. The molecule has 2 aromatic carbocycles. The van der Waals surface area contributed by atoms with Gasteiger partial charge in [-0.05, 0) is 31.1 Å². The van der Waals surface area contributed by atoms with E-state index in [-0.39, 0.29) is 30.9 Å². The first kappa shape index (κ1) is 39.6. The molecule has 2 fully saturated rings. The van der Waals surface area contributed by atoms with Crippen LogP contribution in [0.25, 0.3) is 22.6 Å². The number of nitrogens with zero attached hydrogens (tertiary/aromatic N) is 5. The number of carbonyl (C=O) groups is 1. The summed E-state index contributed by atoms with van der Waals surface area (Å²) >= 11 is 0. The van der Waals surface area contributed by atoms with Gasteiger partial charge in [0, 0.05) is 88.7 Å². The number of rotatable bonds is 10. The molecule has 4 heterocycles. The number of carbonyl (C=O) groups excluding carboxylic acids is 1. The van der Waals surface area contributed by atoms with Crippen molar-refractivity contribution in [2.24, 2.45) is 0 Å². The third kappa shape index (κ3) is 13.2. The molecule has 0 radical (unpaired) electrons. The number of aromatic nitrogens is 2. The number of benzene rings is 2. The van der Waals surface area contributed by atoms with E-state index in [0.717, 1.165) is 69.2 Å². The maximum absolute atomic E-state index is 12.1. The lowest BCUT2D eigenvalue weighted by molar-refractivity contribution is 0.0136. The Bertz CT molecular complexity index is 1490. The minimum atomic E-state index is -0.460. The van der Waals surface area contributed by atoms with E-state index in [1.54, 1.807) is 11.0 Å². The first-order chi connectivity index (χ1) is 22.8. The van der Waals surface area contributed by atoms with Gasteiger partial charge in [-0.3, -0.25) is 9.80 Å². The van der Waals surface area contributed by atoms with Gasteiger partial charge in [0.2, 0.25) is 0 Å². The van der Waals surface area contributed by atoms with Gasteiger partial charge in [0.1, 0.15) is 18.8 Å². The Balaban J connectivity index is 0.000000265. The Morgan fingerprint density at radius 1 is 0.714 bits per heavy atom. The number of hydrogen-bond acceptors (Lipinski definition) is 11. The molecule has 0 aliphatic carbocycles. The molecule has 2 aliphatic rings. The first-order valence-electron chi connectivity index (χ1n) is 16.3. The highest BCUT2D eigenvalue weighted by Gasteiger charge is 2.25. The van der Waals surface area contributed by atoms with Crippen LogP contribution in [0, 0.1) is 0 Å². The summed E-state index contributed by atoms with van der Waals surface area (Å²) in [5.41, 5.74) is 1.52. The van der Waals surface area contributed by atoms with Gasteiger partial charge in [-0.1, -0.05) is 60.7 Å². The number of piperazine rings is 2. The molecule has 49 heavy (non-hydrogen) atoms. The fourth-order valence-corrected chi connectivity index (χ4v) is 5.10. The van der Waals surface area contributed by atoms with Crippen LogP contribution in [0.4, 0.5) is 4.79 Å². The first-order valence-corrected chi connectivity index (χ1v) is 16.3. The van der Waals surface area contributed by atoms with Gasteiger partial charge in [-0.25, -0.2) is 4.79 Å². The van der Waals surface area contributed by atoms with Gasteiger partial charge in [0.15, 0.2) is 11.5 Å². The average Bonchev–Trinajstić information content (AvgIpc) is 3.77. The second-order valence-electron chi connectivity index (χ2n) is 12.4. The normalized spacial score (nSPS) is 15.2. The summed E-state index contributed by atoms with van der Waals surface area (Å²) in [7, 11) is 0. The van der Waals surface area contributed by atoms with Crippen LogP contribution in [0.1, 0.15) is 20.8 Å². The second kappa shape index (κ2) is 20.0. The molecule has 0 spiro atoms. The Morgan fingerprint density at radius 3 is 1.61 bits per heavy atom. The number of hydrogen-bond donors (Lipinski definition) is 1. The van der Waals surface area contributed by atoms with Crippen molar-refractivity contribution in [1.29, 1.82) is 0 Å². The van der Waals surface area contributed by atoms with Gasteiger partial charge in [-0.15, -0.1) is 24.8 Å². The van der Waals surface area contributed by atoms with Crippen molar-refractivity contribution in [3.63, 3.8) is 0 Å². The third-order valence-electron chi connectivity index (χ3n) is 7.64. The summed E-state index contributed by atoms with van der Waals surface area (Å²) in [6, 6.07) is 23.3. The monoisotopic (exact) mass is 718 g/mol. The summed E-state index contributed by atoms with van der Waals surface area (Å²) in [4.78, 5) is 18.5. The molecule has 6 rings (SSSR count). The summed E-state index contributed by atoms with van der Waals surface area (Å²) in [5, 5.41) is 11.2. The van der Waals surface area contributed by atoms with E-state index in [0.29, 0.717) is 43.8 Å². The highest BCUT2D eigenvalue weighted by molar-refractivity contribution is 5.85. The van der Waals surface area contributed by atoms with Crippen LogP contribution in [0.2, 0.25) is 0 Å². The molecule has 14 heteroatoms. The lowest BCUT2D eigenvalue weighted by atomic mass is 10.2. The standard InChI is InChI=1S/C20H27N3O4.C15H19N3O2.2ClH/c1-20(2,3)26-19(24)23-11-9-22(10-12-23)13-14-25-18-15-17(27-21-18)16-7-5-4-6-8-16;1-2-4-13(5-3-1)14-12-15(17-20-14)19-11-10-18-8-6-16-7-9-18;;/h4-8,15H,9-14H2,1-3H3;1-5,12,16H,6-11H2;2*1H. The second-order valence-corrected chi connectivity index (χ2v) is 12.4. The van der Waals surface area contributed by atoms with Gasteiger partial charge in [0.25, 0.3) is 11.8 Å². The minimum absolute atomic E-state index is 0. The van der Waals surface area contributed by atoms with Crippen LogP contribution in [-0.4, -0.2) is 115 Å². The molecule has 1 N–H and O–H groups in total. The predicted octanol–water partition coefficient (Wildman–Crippen LogP) is 5.74. The van der Waals surface area contributed by atoms with Crippen LogP contribution < -0.4 is 14.8 Å². The molecular formula is C35H48Cl2N6O6. The molecule has 2 saturated heterocycles. The highest BCUT2D eigenvalue weighted by atomic mass is 35.5. The van der Waals surface area contributed by atoms with Crippen LogP contribution >= 0.6 is 24.8 Å². The zero-order valence-electron chi connectivity index (χ0n) is 28.4. The fraction of sp³-hybridized carbons (Fsp3) is 0.457. The van der Waals surface area contributed by atoms with Crippen molar-refractivity contribution in [3.05, 3.63) is 72.8 Å². The highest BCUT2D eigenvalue weighted by Crippen LogP contribution is 2.24. The Kier molecular flexibility index (Phi) is 16.2. The Labute approximate surface area is 300 Å². The Morgan fingerprint density at radius 2 is 1.16 bits per heavy atom. The minimum Gasteiger partial charge on any atom is -0.474 e. The van der Waals surface area contributed by atoms with Crippen molar-refractivity contribution in [3.8, 4) is 34.4 Å². The van der Waals surface area contributed by atoms with E-state index in [9.17, 15) is 4.79 Å².